The summed E-state index contributed by atoms with van der Waals surface area (Å²) in [7, 11) is 0. The Morgan fingerprint density at radius 2 is 2.21 bits per heavy atom. The fraction of sp³-hybridized carbons (Fsp3) is 0.900. The Morgan fingerprint density at radius 1 is 1.57 bits per heavy atom. The van der Waals surface area contributed by atoms with Crippen molar-refractivity contribution in [3.8, 4) is 0 Å². The molecule has 0 aromatic rings. The van der Waals surface area contributed by atoms with Gasteiger partial charge in [-0.15, -0.1) is 0 Å². The van der Waals surface area contributed by atoms with E-state index in [2.05, 4.69) is 27.3 Å². The van der Waals surface area contributed by atoms with Gasteiger partial charge >= 0.3 is 5.97 Å². The third-order valence-electron chi connectivity index (χ3n) is 2.62. The van der Waals surface area contributed by atoms with Gasteiger partial charge in [-0.25, -0.2) is 9.18 Å². The second kappa shape index (κ2) is 5.88. The first-order valence-electron chi connectivity index (χ1n) is 5.11. The molecule has 0 aliphatic heterocycles. The van der Waals surface area contributed by atoms with Gasteiger partial charge in [-0.05, 0) is 19.8 Å². The zero-order chi connectivity index (χ0) is 10.6. The molecule has 1 aliphatic rings. The van der Waals surface area contributed by atoms with E-state index in [0.717, 1.165) is 25.7 Å². The van der Waals surface area contributed by atoms with E-state index >= 15 is 0 Å². The molecule has 0 aromatic carbocycles. The number of rotatable bonds is 3. The van der Waals surface area contributed by atoms with E-state index in [0.29, 0.717) is 0 Å². The molecule has 0 bridgehead atoms. The Labute approximate surface area is 97.7 Å². The summed E-state index contributed by atoms with van der Waals surface area (Å²) in [5.74, 6) is -0.815. The molecule has 0 heterocycles. The SMILES string of the molecule is CCOC(=O)C(F)[C@@H]1CCCC[C@H]1I. The fourth-order valence-corrected chi connectivity index (χ4v) is 3.01. The Kier molecular flexibility index (Phi) is 5.12. The first-order valence-corrected chi connectivity index (χ1v) is 6.36. The van der Waals surface area contributed by atoms with Crippen molar-refractivity contribution in [1.29, 1.82) is 0 Å². The molecule has 0 aromatic heterocycles. The number of ether oxygens (including phenoxy) is 1. The van der Waals surface area contributed by atoms with Crippen molar-refractivity contribution in [3.63, 3.8) is 0 Å². The van der Waals surface area contributed by atoms with Crippen LogP contribution in [0.1, 0.15) is 32.6 Å². The van der Waals surface area contributed by atoms with Crippen LogP contribution in [0.3, 0.4) is 0 Å². The van der Waals surface area contributed by atoms with Crippen LogP contribution in [0.4, 0.5) is 4.39 Å². The molecule has 1 saturated carbocycles. The van der Waals surface area contributed by atoms with Crippen LogP contribution in [0.5, 0.6) is 0 Å². The molecular weight excluding hydrogens is 298 g/mol. The van der Waals surface area contributed by atoms with Gasteiger partial charge in [-0.2, -0.15) is 0 Å². The number of carbonyl (C=O) groups is 1. The quantitative estimate of drug-likeness (QED) is 0.455. The average molecular weight is 314 g/mol. The highest BCUT2D eigenvalue weighted by atomic mass is 127. The molecule has 0 N–H and O–H groups in total. The van der Waals surface area contributed by atoms with E-state index in [1.807, 2.05) is 0 Å². The van der Waals surface area contributed by atoms with Crippen LogP contribution in [0.2, 0.25) is 0 Å². The van der Waals surface area contributed by atoms with Crippen LogP contribution in [0.25, 0.3) is 0 Å². The van der Waals surface area contributed by atoms with Crippen molar-refractivity contribution in [2.75, 3.05) is 6.61 Å². The Balaban J connectivity index is 2.48. The van der Waals surface area contributed by atoms with E-state index < -0.39 is 12.1 Å². The molecule has 14 heavy (non-hydrogen) atoms. The van der Waals surface area contributed by atoms with Gasteiger partial charge in [0, 0.05) is 9.84 Å². The zero-order valence-corrected chi connectivity index (χ0v) is 10.5. The average Bonchev–Trinajstić information content (AvgIpc) is 2.18. The summed E-state index contributed by atoms with van der Waals surface area (Å²) in [6.07, 6.45) is 2.60. The topological polar surface area (TPSA) is 26.3 Å². The molecule has 1 unspecified atom stereocenters. The number of hydrogen-bond acceptors (Lipinski definition) is 2. The molecule has 82 valence electrons. The third-order valence-corrected chi connectivity index (χ3v) is 4.17. The van der Waals surface area contributed by atoms with Gasteiger partial charge in [0.15, 0.2) is 0 Å². The predicted molar refractivity (Wildman–Crippen MR) is 61.3 cm³/mol. The van der Waals surface area contributed by atoms with Crippen molar-refractivity contribution in [3.05, 3.63) is 0 Å². The van der Waals surface area contributed by atoms with Crippen molar-refractivity contribution in [2.45, 2.75) is 42.7 Å². The van der Waals surface area contributed by atoms with Crippen LogP contribution in [-0.2, 0) is 9.53 Å². The van der Waals surface area contributed by atoms with E-state index in [1.165, 1.54) is 0 Å². The fourth-order valence-electron chi connectivity index (χ4n) is 1.84. The van der Waals surface area contributed by atoms with Crippen LogP contribution in [-0.4, -0.2) is 22.7 Å². The van der Waals surface area contributed by atoms with E-state index in [4.69, 9.17) is 0 Å². The van der Waals surface area contributed by atoms with Gasteiger partial charge in [-0.3, -0.25) is 0 Å². The molecule has 4 heteroatoms. The van der Waals surface area contributed by atoms with Crippen molar-refractivity contribution in [1.82, 2.24) is 0 Å². The molecule has 3 atom stereocenters. The Hall–Kier alpha value is 0.130. The van der Waals surface area contributed by atoms with Crippen LogP contribution in [0.15, 0.2) is 0 Å². The molecule has 1 fully saturated rings. The first kappa shape index (κ1) is 12.2. The number of hydrogen-bond donors (Lipinski definition) is 0. The molecule has 1 aliphatic carbocycles. The largest absolute Gasteiger partial charge is 0.464 e. The zero-order valence-electron chi connectivity index (χ0n) is 8.34. The molecule has 2 nitrogen and oxygen atoms in total. The standard InChI is InChI=1S/C10H16FIO2/c1-2-14-10(13)9(11)7-5-3-4-6-8(7)12/h7-9H,2-6H2,1H3/t7-,8-,9?/m1/s1. The van der Waals surface area contributed by atoms with Gasteiger partial charge in [0.1, 0.15) is 0 Å². The lowest BCUT2D eigenvalue weighted by atomic mass is 9.86. The number of halogens is 2. The number of carbonyl (C=O) groups excluding carboxylic acids is 1. The van der Waals surface area contributed by atoms with E-state index in [-0.39, 0.29) is 16.4 Å². The predicted octanol–water partition coefficient (Wildman–Crippen LogP) is 2.88. The smallest absolute Gasteiger partial charge is 0.341 e. The number of esters is 1. The first-order chi connectivity index (χ1) is 6.66. The van der Waals surface area contributed by atoms with Gasteiger partial charge < -0.3 is 4.74 Å². The van der Waals surface area contributed by atoms with Crippen LogP contribution < -0.4 is 0 Å². The van der Waals surface area contributed by atoms with Crippen LogP contribution >= 0.6 is 22.6 Å². The lowest BCUT2D eigenvalue weighted by Crippen LogP contribution is -2.34. The minimum Gasteiger partial charge on any atom is -0.464 e. The maximum Gasteiger partial charge on any atom is 0.341 e. The number of alkyl halides is 2. The van der Waals surface area contributed by atoms with E-state index in [9.17, 15) is 9.18 Å². The van der Waals surface area contributed by atoms with Gasteiger partial charge in [0.05, 0.1) is 6.61 Å². The highest BCUT2D eigenvalue weighted by Crippen LogP contribution is 2.34. The Bertz CT molecular complexity index is 199. The lowest BCUT2D eigenvalue weighted by molar-refractivity contribution is -0.151. The maximum absolute atomic E-state index is 13.6. The second-order valence-corrected chi connectivity index (χ2v) is 5.22. The molecule has 0 saturated heterocycles. The van der Waals surface area contributed by atoms with Crippen molar-refractivity contribution >= 4 is 28.6 Å². The summed E-state index contributed by atoms with van der Waals surface area (Å²) in [6.45, 7) is 1.96. The maximum atomic E-state index is 13.6. The Morgan fingerprint density at radius 3 is 2.79 bits per heavy atom. The summed E-state index contributed by atoms with van der Waals surface area (Å²) in [6, 6.07) is 0. The molecular formula is C10H16FIO2. The molecule has 0 amide bonds. The second-order valence-electron chi connectivity index (χ2n) is 3.62. The summed E-state index contributed by atoms with van der Waals surface area (Å²) < 4.78 is 18.6. The van der Waals surface area contributed by atoms with Crippen molar-refractivity contribution < 1.29 is 13.9 Å². The van der Waals surface area contributed by atoms with Gasteiger partial charge in [0.2, 0.25) is 6.17 Å². The summed E-state index contributed by atoms with van der Waals surface area (Å²) in [5, 5.41) is 0. The normalized spacial score (nSPS) is 29.6. The minimum absolute atomic E-state index is 0.136. The molecule has 0 spiro atoms. The highest BCUT2D eigenvalue weighted by Gasteiger charge is 2.35. The molecule has 0 radical (unpaired) electrons. The lowest BCUT2D eigenvalue weighted by Gasteiger charge is -2.28. The minimum atomic E-state index is -1.42. The summed E-state index contributed by atoms with van der Waals surface area (Å²) in [5.41, 5.74) is 0. The van der Waals surface area contributed by atoms with E-state index in [1.54, 1.807) is 6.92 Å². The summed E-state index contributed by atoms with van der Waals surface area (Å²) in [4.78, 5) is 11.2. The third kappa shape index (κ3) is 3.07. The monoisotopic (exact) mass is 314 g/mol. The van der Waals surface area contributed by atoms with Gasteiger partial charge in [-0.1, -0.05) is 35.4 Å². The highest BCUT2D eigenvalue weighted by molar-refractivity contribution is 14.1. The van der Waals surface area contributed by atoms with Crippen molar-refractivity contribution in [2.24, 2.45) is 5.92 Å². The summed E-state index contributed by atoms with van der Waals surface area (Å²) >= 11 is 2.25. The van der Waals surface area contributed by atoms with Gasteiger partial charge in [0.25, 0.3) is 0 Å². The molecule has 1 rings (SSSR count). The van der Waals surface area contributed by atoms with Crippen LogP contribution in [0, 0.1) is 5.92 Å².